The molecule has 2 heterocycles. The van der Waals surface area contributed by atoms with Gasteiger partial charge in [-0.2, -0.15) is 4.98 Å². The number of hydrogen-bond donors (Lipinski definition) is 1. The summed E-state index contributed by atoms with van der Waals surface area (Å²) in [6.45, 7) is 9.57. The van der Waals surface area contributed by atoms with E-state index in [1.54, 1.807) is 6.26 Å². The first-order chi connectivity index (χ1) is 8.20. The molecular formula is C13H23N3O. The fraction of sp³-hybridized carbons (Fsp3) is 0.769. The number of rotatable bonds is 5. The van der Waals surface area contributed by atoms with E-state index in [1.165, 1.54) is 6.42 Å². The number of hydrogen-bond acceptors (Lipinski definition) is 4. The Kier molecular flexibility index (Phi) is 4.05. The minimum atomic E-state index is 0.542. The number of anilines is 1. The van der Waals surface area contributed by atoms with E-state index in [2.05, 4.69) is 36.0 Å². The minimum Gasteiger partial charge on any atom is -0.432 e. The maximum Gasteiger partial charge on any atom is 0.297 e. The van der Waals surface area contributed by atoms with Crippen molar-refractivity contribution in [2.75, 3.05) is 18.0 Å². The van der Waals surface area contributed by atoms with Gasteiger partial charge in [-0.3, -0.25) is 0 Å². The van der Waals surface area contributed by atoms with E-state index in [1.807, 2.05) is 0 Å². The van der Waals surface area contributed by atoms with Crippen LogP contribution in [0, 0.1) is 5.92 Å². The van der Waals surface area contributed by atoms with Crippen LogP contribution >= 0.6 is 0 Å². The van der Waals surface area contributed by atoms with Crippen molar-refractivity contribution in [2.45, 2.75) is 46.2 Å². The van der Waals surface area contributed by atoms with E-state index in [0.29, 0.717) is 6.04 Å². The molecular weight excluding hydrogens is 214 g/mol. The van der Waals surface area contributed by atoms with E-state index in [4.69, 9.17) is 4.42 Å². The summed E-state index contributed by atoms with van der Waals surface area (Å²) < 4.78 is 5.57. The van der Waals surface area contributed by atoms with E-state index in [9.17, 15) is 0 Å². The number of oxazole rings is 1. The summed E-state index contributed by atoms with van der Waals surface area (Å²) in [6, 6.07) is 1.33. The molecule has 4 heteroatoms. The summed E-state index contributed by atoms with van der Waals surface area (Å²) in [4.78, 5) is 6.82. The van der Waals surface area contributed by atoms with Crippen molar-refractivity contribution in [3.05, 3.63) is 12.0 Å². The van der Waals surface area contributed by atoms with E-state index in [-0.39, 0.29) is 0 Å². The Morgan fingerprint density at radius 3 is 3.00 bits per heavy atom. The first-order valence-electron chi connectivity index (χ1n) is 6.62. The fourth-order valence-electron chi connectivity index (χ4n) is 2.47. The zero-order valence-electron chi connectivity index (χ0n) is 11.1. The summed E-state index contributed by atoms with van der Waals surface area (Å²) in [5.41, 5.74) is 1.00. The van der Waals surface area contributed by atoms with Crippen LogP contribution in [0.15, 0.2) is 10.7 Å². The zero-order chi connectivity index (χ0) is 12.3. The van der Waals surface area contributed by atoms with Crippen LogP contribution in [-0.4, -0.2) is 24.1 Å². The van der Waals surface area contributed by atoms with E-state index < -0.39 is 0 Å². The van der Waals surface area contributed by atoms with Crippen LogP contribution < -0.4 is 10.2 Å². The van der Waals surface area contributed by atoms with Gasteiger partial charge in [-0.05, 0) is 32.2 Å². The van der Waals surface area contributed by atoms with Gasteiger partial charge >= 0.3 is 0 Å². The second-order valence-electron chi connectivity index (χ2n) is 5.14. The monoisotopic (exact) mass is 237 g/mol. The van der Waals surface area contributed by atoms with Crippen LogP contribution in [0.25, 0.3) is 0 Å². The largest absolute Gasteiger partial charge is 0.432 e. The van der Waals surface area contributed by atoms with Crippen molar-refractivity contribution in [2.24, 2.45) is 5.92 Å². The van der Waals surface area contributed by atoms with Gasteiger partial charge in [-0.15, -0.1) is 0 Å². The molecule has 2 rings (SSSR count). The Morgan fingerprint density at radius 1 is 1.53 bits per heavy atom. The summed E-state index contributed by atoms with van der Waals surface area (Å²) in [5.74, 6) is 0.735. The molecule has 1 aliphatic rings. The summed E-state index contributed by atoms with van der Waals surface area (Å²) in [5, 5.41) is 3.33. The van der Waals surface area contributed by atoms with Crippen LogP contribution in [-0.2, 0) is 6.54 Å². The fourth-order valence-corrected chi connectivity index (χ4v) is 2.47. The Morgan fingerprint density at radius 2 is 2.35 bits per heavy atom. The Hall–Kier alpha value is -1.03. The standard InChI is InChI=1S/C13H23N3O/c1-4-5-14-7-12-9-17-13(15-12)16-8-10(2)6-11(16)3/h9-11,14H,4-8H2,1-3H3. The number of aromatic nitrogens is 1. The minimum absolute atomic E-state index is 0.542. The van der Waals surface area contributed by atoms with Crippen LogP contribution in [0.2, 0.25) is 0 Å². The molecule has 0 spiro atoms. The lowest BCUT2D eigenvalue weighted by Gasteiger charge is -2.18. The normalized spacial score (nSPS) is 24.5. The molecule has 0 amide bonds. The molecule has 0 bridgehead atoms. The third-order valence-electron chi connectivity index (χ3n) is 3.30. The molecule has 17 heavy (non-hydrogen) atoms. The second-order valence-corrected chi connectivity index (χ2v) is 5.14. The van der Waals surface area contributed by atoms with E-state index in [0.717, 1.165) is 43.7 Å². The molecule has 1 saturated heterocycles. The van der Waals surface area contributed by atoms with Crippen molar-refractivity contribution < 1.29 is 4.42 Å². The molecule has 1 N–H and O–H groups in total. The highest BCUT2D eigenvalue weighted by Gasteiger charge is 2.29. The SMILES string of the molecule is CCCNCc1coc(N2CC(C)CC2C)n1. The molecule has 96 valence electrons. The maximum atomic E-state index is 5.57. The molecule has 0 radical (unpaired) electrons. The molecule has 2 unspecified atom stereocenters. The topological polar surface area (TPSA) is 41.3 Å². The third-order valence-corrected chi connectivity index (χ3v) is 3.30. The molecule has 1 fully saturated rings. The van der Waals surface area contributed by atoms with Gasteiger partial charge in [-0.1, -0.05) is 13.8 Å². The van der Waals surface area contributed by atoms with Crippen molar-refractivity contribution in [1.82, 2.24) is 10.3 Å². The number of nitrogens with one attached hydrogen (secondary N) is 1. The highest BCUT2D eigenvalue weighted by molar-refractivity contribution is 5.31. The summed E-state index contributed by atoms with van der Waals surface area (Å²) >= 11 is 0. The second kappa shape index (κ2) is 5.54. The van der Waals surface area contributed by atoms with Crippen LogP contribution in [0.5, 0.6) is 0 Å². The van der Waals surface area contributed by atoms with Gasteiger partial charge in [0.15, 0.2) is 0 Å². The zero-order valence-corrected chi connectivity index (χ0v) is 11.1. The van der Waals surface area contributed by atoms with Gasteiger partial charge in [0.05, 0.1) is 5.69 Å². The summed E-state index contributed by atoms with van der Waals surface area (Å²) in [6.07, 6.45) is 4.14. The average molecular weight is 237 g/mol. The summed E-state index contributed by atoms with van der Waals surface area (Å²) in [7, 11) is 0. The molecule has 0 aromatic carbocycles. The molecule has 0 aliphatic carbocycles. The van der Waals surface area contributed by atoms with Crippen LogP contribution in [0.4, 0.5) is 6.01 Å². The molecule has 1 aromatic rings. The highest BCUT2D eigenvalue weighted by atomic mass is 16.4. The van der Waals surface area contributed by atoms with Gasteiger partial charge in [0.2, 0.25) is 0 Å². The third kappa shape index (κ3) is 3.00. The lowest BCUT2D eigenvalue weighted by molar-refractivity contribution is 0.528. The average Bonchev–Trinajstić information content (AvgIpc) is 2.86. The van der Waals surface area contributed by atoms with Gasteiger partial charge in [-0.25, -0.2) is 0 Å². The predicted octanol–water partition coefficient (Wildman–Crippen LogP) is 2.41. The van der Waals surface area contributed by atoms with Crippen LogP contribution in [0.1, 0.15) is 39.3 Å². The first-order valence-corrected chi connectivity index (χ1v) is 6.62. The Balaban J connectivity index is 1.93. The van der Waals surface area contributed by atoms with Crippen molar-refractivity contribution in [3.63, 3.8) is 0 Å². The quantitative estimate of drug-likeness (QED) is 0.798. The van der Waals surface area contributed by atoms with Crippen LogP contribution in [0.3, 0.4) is 0 Å². The predicted molar refractivity (Wildman–Crippen MR) is 69.1 cm³/mol. The molecule has 1 aromatic heterocycles. The number of nitrogens with zero attached hydrogens (tertiary/aromatic N) is 2. The van der Waals surface area contributed by atoms with Gasteiger partial charge in [0.25, 0.3) is 6.01 Å². The lowest BCUT2D eigenvalue weighted by atomic mass is 10.1. The first kappa shape index (κ1) is 12.4. The van der Waals surface area contributed by atoms with E-state index >= 15 is 0 Å². The maximum absolute atomic E-state index is 5.57. The van der Waals surface area contributed by atoms with Gasteiger partial charge < -0.3 is 14.6 Å². The van der Waals surface area contributed by atoms with Gasteiger partial charge in [0, 0.05) is 19.1 Å². The molecule has 4 nitrogen and oxygen atoms in total. The van der Waals surface area contributed by atoms with Crippen molar-refractivity contribution in [3.8, 4) is 0 Å². The molecule has 2 atom stereocenters. The van der Waals surface area contributed by atoms with Crippen molar-refractivity contribution in [1.29, 1.82) is 0 Å². The Labute approximate surface area is 103 Å². The Bertz CT molecular complexity index is 350. The van der Waals surface area contributed by atoms with Crippen molar-refractivity contribution >= 4 is 6.01 Å². The lowest BCUT2D eigenvalue weighted by Crippen LogP contribution is -2.27. The molecule has 0 saturated carbocycles. The van der Waals surface area contributed by atoms with Gasteiger partial charge in [0.1, 0.15) is 6.26 Å². The highest BCUT2D eigenvalue weighted by Crippen LogP contribution is 2.27. The smallest absolute Gasteiger partial charge is 0.297 e. The molecule has 1 aliphatic heterocycles.